The Bertz CT molecular complexity index is 535. The molecule has 0 heterocycles. The van der Waals surface area contributed by atoms with Crippen LogP contribution in [0.25, 0.3) is 0 Å². The normalized spacial score (nSPS) is 12.5. The minimum Gasteiger partial charge on any atom is -0.490 e. The van der Waals surface area contributed by atoms with Gasteiger partial charge in [-0.25, -0.2) is 8.42 Å². The zero-order chi connectivity index (χ0) is 14.7. The van der Waals surface area contributed by atoms with Gasteiger partial charge in [-0.3, -0.25) is 0 Å². The quantitative estimate of drug-likeness (QED) is 0.614. The minimum atomic E-state index is -3.78. The first-order valence-electron chi connectivity index (χ1n) is 5.60. The van der Waals surface area contributed by atoms with E-state index in [0.717, 1.165) is 0 Å². The molecule has 0 aliphatic rings. The number of halogens is 2. The van der Waals surface area contributed by atoms with Crippen molar-refractivity contribution < 1.29 is 17.9 Å². The maximum atomic E-state index is 11.1. The highest BCUT2D eigenvalue weighted by molar-refractivity contribution is 8.13. The lowest BCUT2D eigenvalue weighted by molar-refractivity contribution is -0.0162. The van der Waals surface area contributed by atoms with E-state index in [9.17, 15) is 8.42 Å². The summed E-state index contributed by atoms with van der Waals surface area (Å²) in [5, 5.41) is 0.192. The largest absolute Gasteiger partial charge is 0.490 e. The summed E-state index contributed by atoms with van der Waals surface area (Å²) in [5.74, 6) is 0.392. The maximum Gasteiger partial charge on any atom is 0.261 e. The lowest BCUT2D eigenvalue weighted by Gasteiger charge is -2.19. The van der Waals surface area contributed by atoms with Gasteiger partial charge in [-0.05, 0) is 39.0 Å². The molecule has 0 spiro atoms. The van der Waals surface area contributed by atoms with E-state index in [1.165, 1.54) is 18.2 Å². The van der Waals surface area contributed by atoms with E-state index in [0.29, 0.717) is 19.0 Å². The Labute approximate surface area is 123 Å². The molecule has 0 fully saturated rings. The van der Waals surface area contributed by atoms with Crippen LogP contribution in [-0.4, -0.2) is 27.2 Å². The molecule has 0 N–H and O–H groups in total. The van der Waals surface area contributed by atoms with Crippen LogP contribution in [0, 0.1) is 0 Å². The van der Waals surface area contributed by atoms with Gasteiger partial charge in [0.1, 0.15) is 12.4 Å². The van der Waals surface area contributed by atoms with Crippen molar-refractivity contribution >= 4 is 31.3 Å². The molecule has 0 atom stereocenters. The second-order valence-electron chi connectivity index (χ2n) is 4.84. The smallest absolute Gasteiger partial charge is 0.261 e. The summed E-state index contributed by atoms with van der Waals surface area (Å²) in [5.41, 5.74) is -0.232. The highest BCUT2D eigenvalue weighted by atomic mass is 35.7. The van der Waals surface area contributed by atoms with Crippen LogP contribution in [0.5, 0.6) is 5.75 Å². The highest BCUT2D eigenvalue weighted by Crippen LogP contribution is 2.28. The Morgan fingerprint density at radius 3 is 2.32 bits per heavy atom. The number of hydrogen-bond acceptors (Lipinski definition) is 4. The first-order valence-corrected chi connectivity index (χ1v) is 8.29. The van der Waals surface area contributed by atoms with Crippen LogP contribution < -0.4 is 4.74 Å². The van der Waals surface area contributed by atoms with Crippen LogP contribution in [0.4, 0.5) is 0 Å². The van der Waals surface area contributed by atoms with Crippen molar-refractivity contribution in [3.63, 3.8) is 0 Å². The average molecular weight is 327 g/mol. The predicted molar refractivity (Wildman–Crippen MR) is 75.7 cm³/mol. The van der Waals surface area contributed by atoms with E-state index in [-0.39, 0.29) is 15.5 Å². The second-order valence-corrected chi connectivity index (χ2v) is 7.81. The summed E-state index contributed by atoms with van der Waals surface area (Å²) in [6.07, 6.45) is 0. The first-order chi connectivity index (χ1) is 8.59. The molecule has 0 aliphatic carbocycles. The van der Waals surface area contributed by atoms with Crippen LogP contribution in [-0.2, 0) is 13.8 Å². The van der Waals surface area contributed by atoms with Gasteiger partial charge in [0.15, 0.2) is 0 Å². The molecule has 1 aromatic rings. The molecule has 108 valence electrons. The Morgan fingerprint density at radius 2 is 1.84 bits per heavy atom. The molecule has 19 heavy (non-hydrogen) atoms. The molecule has 0 unspecified atom stereocenters. The van der Waals surface area contributed by atoms with Gasteiger partial charge in [-0.15, -0.1) is 0 Å². The third kappa shape index (κ3) is 5.99. The van der Waals surface area contributed by atoms with E-state index in [2.05, 4.69) is 0 Å². The number of hydrogen-bond donors (Lipinski definition) is 0. The third-order valence-electron chi connectivity index (χ3n) is 2.06. The van der Waals surface area contributed by atoms with Crippen LogP contribution >= 0.6 is 22.3 Å². The zero-order valence-electron chi connectivity index (χ0n) is 10.9. The molecule has 0 amide bonds. The standard InChI is InChI=1S/C12H16Cl2O4S/c1-12(2,3)18-7-6-17-11-5-4-9(8-10(11)13)19(14,15)16/h4-5,8H,6-7H2,1-3H3. The van der Waals surface area contributed by atoms with Crippen molar-refractivity contribution in [3.8, 4) is 5.75 Å². The van der Waals surface area contributed by atoms with Crippen LogP contribution in [0.15, 0.2) is 23.1 Å². The minimum absolute atomic E-state index is 0.0579. The maximum absolute atomic E-state index is 11.1. The molecule has 1 rings (SSSR count). The SMILES string of the molecule is CC(C)(C)OCCOc1ccc(S(=O)(=O)Cl)cc1Cl. The number of ether oxygens (including phenoxy) is 2. The van der Waals surface area contributed by atoms with Gasteiger partial charge in [-0.1, -0.05) is 11.6 Å². The molecule has 0 aromatic heterocycles. The van der Waals surface area contributed by atoms with E-state index in [1.807, 2.05) is 20.8 Å². The summed E-state index contributed by atoms with van der Waals surface area (Å²) >= 11 is 5.92. The Kier molecular flexibility index (Phi) is 5.50. The molecule has 0 radical (unpaired) electrons. The second kappa shape index (κ2) is 6.31. The summed E-state index contributed by atoms with van der Waals surface area (Å²) in [6, 6.07) is 4.06. The molecule has 0 saturated carbocycles. The topological polar surface area (TPSA) is 52.6 Å². The molecule has 7 heteroatoms. The summed E-state index contributed by atoms with van der Waals surface area (Å²) in [6.45, 7) is 6.57. The lowest BCUT2D eigenvalue weighted by atomic mass is 10.2. The van der Waals surface area contributed by atoms with Gasteiger partial charge in [0.05, 0.1) is 22.1 Å². The summed E-state index contributed by atoms with van der Waals surface area (Å²) in [7, 11) is 1.43. The van der Waals surface area contributed by atoms with E-state index in [4.69, 9.17) is 31.8 Å². The molecule has 0 saturated heterocycles. The van der Waals surface area contributed by atoms with Gasteiger partial charge >= 0.3 is 0 Å². The van der Waals surface area contributed by atoms with Crippen molar-refractivity contribution in [2.24, 2.45) is 0 Å². The van der Waals surface area contributed by atoms with E-state index < -0.39 is 9.05 Å². The zero-order valence-corrected chi connectivity index (χ0v) is 13.3. The average Bonchev–Trinajstić information content (AvgIpc) is 2.23. The molecule has 1 aromatic carbocycles. The summed E-state index contributed by atoms with van der Waals surface area (Å²) < 4.78 is 33.1. The third-order valence-corrected chi connectivity index (χ3v) is 3.71. The van der Waals surface area contributed by atoms with E-state index in [1.54, 1.807) is 0 Å². The van der Waals surface area contributed by atoms with Crippen LogP contribution in [0.2, 0.25) is 5.02 Å². The fourth-order valence-corrected chi connectivity index (χ4v) is 2.33. The Morgan fingerprint density at radius 1 is 1.21 bits per heavy atom. The molecule has 0 bridgehead atoms. The Balaban J connectivity index is 2.61. The van der Waals surface area contributed by atoms with Gasteiger partial charge < -0.3 is 9.47 Å². The number of rotatable bonds is 5. The van der Waals surface area contributed by atoms with Crippen molar-refractivity contribution in [2.45, 2.75) is 31.3 Å². The fourth-order valence-electron chi connectivity index (χ4n) is 1.25. The predicted octanol–water partition coefficient (Wildman–Crippen LogP) is 3.46. The fraction of sp³-hybridized carbons (Fsp3) is 0.500. The molecular formula is C12H16Cl2O4S. The van der Waals surface area contributed by atoms with Crippen LogP contribution in [0.3, 0.4) is 0 Å². The Hall–Kier alpha value is -0.490. The molecule has 4 nitrogen and oxygen atoms in total. The van der Waals surface area contributed by atoms with Crippen molar-refractivity contribution in [2.75, 3.05) is 13.2 Å². The van der Waals surface area contributed by atoms with Crippen molar-refractivity contribution in [1.29, 1.82) is 0 Å². The van der Waals surface area contributed by atoms with Gasteiger partial charge in [-0.2, -0.15) is 0 Å². The van der Waals surface area contributed by atoms with Gasteiger partial charge in [0.25, 0.3) is 9.05 Å². The number of benzene rings is 1. The van der Waals surface area contributed by atoms with E-state index >= 15 is 0 Å². The summed E-state index contributed by atoms with van der Waals surface area (Å²) in [4.78, 5) is -0.0579. The van der Waals surface area contributed by atoms with Crippen LogP contribution in [0.1, 0.15) is 20.8 Å². The lowest BCUT2D eigenvalue weighted by Crippen LogP contribution is -2.22. The van der Waals surface area contributed by atoms with Crippen molar-refractivity contribution in [1.82, 2.24) is 0 Å². The molecular weight excluding hydrogens is 311 g/mol. The highest BCUT2D eigenvalue weighted by Gasteiger charge is 2.13. The van der Waals surface area contributed by atoms with Gasteiger partial charge in [0, 0.05) is 10.7 Å². The molecule has 0 aliphatic heterocycles. The van der Waals surface area contributed by atoms with Gasteiger partial charge in [0.2, 0.25) is 0 Å². The monoisotopic (exact) mass is 326 g/mol. The first kappa shape index (κ1) is 16.6. The van der Waals surface area contributed by atoms with Crippen molar-refractivity contribution in [3.05, 3.63) is 23.2 Å².